The van der Waals surface area contributed by atoms with Crippen LogP contribution in [0.2, 0.25) is 0 Å². The zero-order valence-corrected chi connectivity index (χ0v) is 17.3. The average molecular weight is 421 g/mol. The normalized spacial score (nSPS) is 30.2. The smallest absolute Gasteiger partial charge is 0.303 e. The van der Waals surface area contributed by atoms with Crippen LogP contribution in [0.4, 0.5) is 4.39 Å². The number of benzene rings is 1. The fraction of sp³-hybridized carbons (Fsp3) is 0.625. The molecule has 0 aromatic heterocycles. The Morgan fingerprint density at radius 2 is 2.03 bits per heavy atom. The van der Waals surface area contributed by atoms with E-state index in [0.29, 0.717) is 38.2 Å². The van der Waals surface area contributed by atoms with Gasteiger partial charge in [-0.3, -0.25) is 4.79 Å². The van der Waals surface area contributed by atoms with E-state index in [1.54, 1.807) is 18.2 Å². The van der Waals surface area contributed by atoms with E-state index in [4.69, 9.17) is 9.84 Å². The molecule has 6 atom stereocenters. The van der Waals surface area contributed by atoms with Crippen LogP contribution in [-0.4, -0.2) is 46.2 Å². The molecule has 166 valence electrons. The molecular formula is C24H33FO5. The Kier molecular flexibility index (Phi) is 8.42. The van der Waals surface area contributed by atoms with Crippen LogP contribution in [0, 0.1) is 23.6 Å². The predicted octanol–water partition coefficient (Wildman–Crippen LogP) is 3.72. The summed E-state index contributed by atoms with van der Waals surface area (Å²) < 4.78 is 19.1. The third-order valence-corrected chi connectivity index (χ3v) is 6.54. The topological polar surface area (TPSA) is 87.0 Å². The molecule has 3 N–H and O–H groups in total. The van der Waals surface area contributed by atoms with Gasteiger partial charge in [-0.15, -0.1) is 0 Å². The maximum absolute atomic E-state index is 13.0. The number of fused-ring (bicyclic) bond motifs is 1. The molecule has 5 nitrogen and oxygen atoms in total. The van der Waals surface area contributed by atoms with Crippen molar-refractivity contribution in [3.8, 4) is 0 Å². The highest BCUT2D eigenvalue weighted by molar-refractivity contribution is 5.66. The van der Waals surface area contributed by atoms with E-state index in [2.05, 4.69) is 0 Å². The first-order valence-electron chi connectivity index (χ1n) is 11.0. The SMILES string of the molecule is O=C(O)CCC[C@H]1CC[C@@H]2[C@@H](/C=C/[C@@H](O)CCc3ccc(F)cc3)[C@H](O)C[C@@H]2OC1. The molecule has 0 bridgehead atoms. The first-order valence-corrected chi connectivity index (χ1v) is 11.0. The first kappa shape index (κ1) is 22.9. The van der Waals surface area contributed by atoms with E-state index in [1.807, 2.05) is 6.08 Å². The molecule has 1 aliphatic carbocycles. The summed E-state index contributed by atoms with van der Waals surface area (Å²) in [5.74, 6) is -0.456. The van der Waals surface area contributed by atoms with Gasteiger partial charge in [0.05, 0.1) is 18.3 Å². The predicted molar refractivity (Wildman–Crippen MR) is 111 cm³/mol. The number of aliphatic carboxylic acids is 1. The van der Waals surface area contributed by atoms with Crippen molar-refractivity contribution in [2.24, 2.45) is 17.8 Å². The zero-order chi connectivity index (χ0) is 21.5. The molecule has 1 saturated carbocycles. The van der Waals surface area contributed by atoms with E-state index < -0.39 is 18.2 Å². The fourth-order valence-corrected chi connectivity index (χ4v) is 4.80. The van der Waals surface area contributed by atoms with Crippen LogP contribution < -0.4 is 0 Å². The molecule has 1 saturated heterocycles. The molecule has 6 heteroatoms. The maximum atomic E-state index is 13.0. The highest BCUT2D eigenvalue weighted by atomic mass is 19.1. The number of carboxylic acid groups (broad SMARTS) is 1. The lowest BCUT2D eigenvalue weighted by atomic mass is 9.86. The van der Waals surface area contributed by atoms with Crippen molar-refractivity contribution in [1.29, 1.82) is 0 Å². The van der Waals surface area contributed by atoms with Crippen LogP contribution in [0.1, 0.15) is 50.5 Å². The second-order valence-corrected chi connectivity index (χ2v) is 8.76. The molecule has 1 aromatic carbocycles. The Labute approximate surface area is 177 Å². The summed E-state index contributed by atoms with van der Waals surface area (Å²) in [6.45, 7) is 0.629. The minimum Gasteiger partial charge on any atom is -0.481 e. The van der Waals surface area contributed by atoms with Gasteiger partial charge in [-0.2, -0.15) is 0 Å². The third-order valence-electron chi connectivity index (χ3n) is 6.54. The summed E-state index contributed by atoms with van der Waals surface area (Å²) in [7, 11) is 0. The largest absolute Gasteiger partial charge is 0.481 e. The molecule has 30 heavy (non-hydrogen) atoms. The van der Waals surface area contributed by atoms with E-state index >= 15 is 0 Å². The maximum Gasteiger partial charge on any atom is 0.303 e. The number of hydrogen-bond donors (Lipinski definition) is 3. The van der Waals surface area contributed by atoms with Gasteiger partial charge in [-0.25, -0.2) is 4.39 Å². The molecule has 0 spiro atoms. The number of aliphatic hydroxyl groups excluding tert-OH is 2. The molecule has 1 aromatic rings. The summed E-state index contributed by atoms with van der Waals surface area (Å²) in [4.78, 5) is 10.7. The number of aryl methyl sites for hydroxylation is 1. The summed E-state index contributed by atoms with van der Waals surface area (Å²) >= 11 is 0. The fourth-order valence-electron chi connectivity index (χ4n) is 4.80. The van der Waals surface area contributed by atoms with Gasteiger partial charge in [0, 0.05) is 25.4 Å². The molecular weight excluding hydrogens is 387 g/mol. The number of aliphatic hydroxyl groups is 2. The Bertz CT molecular complexity index is 704. The number of ether oxygens (including phenoxy) is 1. The van der Waals surface area contributed by atoms with Crippen LogP contribution in [0.5, 0.6) is 0 Å². The standard InChI is InChI=1S/C24H33FO5/c25-18-8-4-16(5-9-18)6-10-19(26)11-13-20-21-12-7-17(2-1-3-24(28)29)15-30-23(21)14-22(20)27/h4-5,8-9,11,13,17,19-23,26-27H,1-3,6-7,10,12,14-15H2,(H,28,29)/b13-11+/t17-,19-,20+,21+,22+,23-/m0/s1. The van der Waals surface area contributed by atoms with Crippen molar-refractivity contribution >= 4 is 5.97 Å². The van der Waals surface area contributed by atoms with Crippen LogP contribution >= 0.6 is 0 Å². The quantitative estimate of drug-likeness (QED) is 0.530. The van der Waals surface area contributed by atoms with Crippen molar-refractivity contribution in [2.75, 3.05) is 6.61 Å². The van der Waals surface area contributed by atoms with Gasteiger partial charge in [0.15, 0.2) is 0 Å². The average Bonchev–Trinajstić information content (AvgIpc) is 2.87. The van der Waals surface area contributed by atoms with Gasteiger partial charge < -0.3 is 20.1 Å². The summed E-state index contributed by atoms with van der Waals surface area (Å²) in [5.41, 5.74) is 0.982. The van der Waals surface area contributed by atoms with Crippen LogP contribution in [0.3, 0.4) is 0 Å². The van der Waals surface area contributed by atoms with Crippen LogP contribution in [-0.2, 0) is 16.0 Å². The van der Waals surface area contributed by atoms with Gasteiger partial charge in [0.1, 0.15) is 5.82 Å². The Hall–Kier alpha value is -1.76. The van der Waals surface area contributed by atoms with Crippen molar-refractivity contribution in [3.05, 3.63) is 47.8 Å². The van der Waals surface area contributed by atoms with Crippen molar-refractivity contribution in [1.82, 2.24) is 0 Å². The summed E-state index contributed by atoms with van der Waals surface area (Å²) in [6, 6.07) is 6.31. The highest BCUT2D eigenvalue weighted by Gasteiger charge is 2.43. The molecule has 3 rings (SSSR count). The lowest BCUT2D eigenvalue weighted by Gasteiger charge is -2.21. The molecule has 0 unspecified atom stereocenters. The van der Waals surface area contributed by atoms with Crippen LogP contribution in [0.15, 0.2) is 36.4 Å². The van der Waals surface area contributed by atoms with E-state index in [1.165, 1.54) is 12.1 Å². The van der Waals surface area contributed by atoms with Crippen molar-refractivity contribution in [2.45, 2.75) is 69.7 Å². The highest BCUT2D eigenvalue weighted by Crippen LogP contribution is 2.42. The molecule has 2 aliphatic rings. The number of halogens is 1. The zero-order valence-electron chi connectivity index (χ0n) is 17.3. The van der Waals surface area contributed by atoms with E-state index in [9.17, 15) is 19.4 Å². The van der Waals surface area contributed by atoms with Crippen molar-refractivity contribution in [3.63, 3.8) is 0 Å². The van der Waals surface area contributed by atoms with E-state index in [0.717, 1.165) is 24.8 Å². The number of carboxylic acids is 1. The molecule has 0 amide bonds. The lowest BCUT2D eigenvalue weighted by molar-refractivity contribution is -0.137. The summed E-state index contributed by atoms with van der Waals surface area (Å²) in [6.07, 6.45) is 8.11. The Balaban J connectivity index is 1.48. The molecule has 1 heterocycles. The van der Waals surface area contributed by atoms with Crippen LogP contribution in [0.25, 0.3) is 0 Å². The van der Waals surface area contributed by atoms with Gasteiger partial charge in [-0.1, -0.05) is 24.3 Å². The number of hydrogen-bond acceptors (Lipinski definition) is 4. The second-order valence-electron chi connectivity index (χ2n) is 8.76. The van der Waals surface area contributed by atoms with Gasteiger partial charge in [-0.05, 0) is 68.1 Å². The molecule has 2 fully saturated rings. The Morgan fingerprint density at radius 1 is 1.27 bits per heavy atom. The lowest BCUT2D eigenvalue weighted by Crippen LogP contribution is -2.21. The molecule has 1 aliphatic heterocycles. The Morgan fingerprint density at radius 3 is 2.77 bits per heavy atom. The van der Waals surface area contributed by atoms with E-state index in [-0.39, 0.29) is 30.2 Å². The van der Waals surface area contributed by atoms with Gasteiger partial charge in [0.2, 0.25) is 0 Å². The van der Waals surface area contributed by atoms with Crippen molar-refractivity contribution < 1.29 is 29.2 Å². The second kappa shape index (κ2) is 11.0. The first-order chi connectivity index (χ1) is 14.4. The van der Waals surface area contributed by atoms with Gasteiger partial charge >= 0.3 is 5.97 Å². The minimum absolute atomic E-state index is 0.0236. The summed E-state index contributed by atoms with van der Waals surface area (Å²) in [5, 5.41) is 29.6. The number of carbonyl (C=O) groups is 1. The molecule has 0 radical (unpaired) electrons. The third kappa shape index (κ3) is 6.62. The monoisotopic (exact) mass is 420 g/mol. The number of rotatable bonds is 9. The van der Waals surface area contributed by atoms with Gasteiger partial charge in [0.25, 0.3) is 0 Å². The minimum atomic E-state index is -0.757.